The standard InChI is InChI=1S/C22H20ClN5O2/c1-14-3-9-18(10-4-14)28-19(13-15(2)26-28)24-20(29)11-12-21-25-22(27-30-21)16-5-7-17(23)8-6-16/h3-10,13H,11-12H2,1-2H3,(H,24,29). The van der Waals surface area contributed by atoms with Crippen LogP contribution >= 0.6 is 11.6 Å². The molecule has 0 radical (unpaired) electrons. The van der Waals surface area contributed by atoms with Gasteiger partial charge in [0.2, 0.25) is 17.6 Å². The highest BCUT2D eigenvalue weighted by molar-refractivity contribution is 6.30. The van der Waals surface area contributed by atoms with Crippen molar-refractivity contribution in [3.05, 3.63) is 76.8 Å². The lowest BCUT2D eigenvalue weighted by Crippen LogP contribution is -2.15. The number of hydrogen-bond donors (Lipinski definition) is 1. The van der Waals surface area contributed by atoms with Gasteiger partial charge in [0, 0.05) is 29.5 Å². The summed E-state index contributed by atoms with van der Waals surface area (Å²) in [5.41, 5.74) is 3.66. The fourth-order valence-corrected chi connectivity index (χ4v) is 3.10. The third-order valence-electron chi connectivity index (χ3n) is 4.51. The van der Waals surface area contributed by atoms with Crippen LogP contribution in [0.15, 0.2) is 59.1 Å². The van der Waals surface area contributed by atoms with Crippen molar-refractivity contribution in [3.63, 3.8) is 0 Å². The number of amides is 1. The number of carbonyl (C=O) groups excluding carboxylic acids is 1. The second-order valence-electron chi connectivity index (χ2n) is 6.99. The number of rotatable bonds is 6. The van der Waals surface area contributed by atoms with Gasteiger partial charge in [-0.15, -0.1) is 0 Å². The molecule has 0 atom stereocenters. The SMILES string of the molecule is Cc1ccc(-n2nc(C)cc2NC(=O)CCc2nc(-c3ccc(Cl)cc3)no2)cc1. The Kier molecular flexibility index (Phi) is 5.63. The Morgan fingerprint density at radius 3 is 2.57 bits per heavy atom. The van der Waals surface area contributed by atoms with E-state index >= 15 is 0 Å². The molecule has 30 heavy (non-hydrogen) atoms. The van der Waals surface area contributed by atoms with Crippen molar-refractivity contribution in [1.82, 2.24) is 19.9 Å². The molecule has 0 saturated heterocycles. The van der Waals surface area contributed by atoms with Crippen LogP contribution in [0, 0.1) is 13.8 Å². The van der Waals surface area contributed by atoms with E-state index < -0.39 is 0 Å². The largest absolute Gasteiger partial charge is 0.339 e. The smallest absolute Gasteiger partial charge is 0.227 e. The van der Waals surface area contributed by atoms with Crippen LogP contribution in [0.4, 0.5) is 5.82 Å². The van der Waals surface area contributed by atoms with Crippen molar-refractivity contribution in [2.75, 3.05) is 5.32 Å². The molecule has 0 unspecified atom stereocenters. The van der Waals surface area contributed by atoms with Crippen molar-refractivity contribution in [3.8, 4) is 17.1 Å². The first-order valence-electron chi connectivity index (χ1n) is 9.50. The maximum atomic E-state index is 12.5. The molecule has 0 spiro atoms. The van der Waals surface area contributed by atoms with E-state index in [1.165, 1.54) is 0 Å². The van der Waals surface area contributed by atoms with E-state index in [2.05, 4.69) is 20.6 Å². The van der Waals surface area contributed by atoms with Crippen molar-refractivity contribution in [1.29, 1.82) is 0 Å². The molecule has 8 heteroatoms. The van der Waals surface area contributed by atoms with Gasteiger partial charge < -0.3 is 9.84 Å². The quantitative estimate of drug-likeness (QED) is 0.485. The third-order valence-corrected chi connectivity index (χ3v) is 4.77. The fraction of sp³-hybridized carbons (Fsp3) is 0.182. The van der Waals surface area contributed by atoms with Crippen LogP contribution in [-0.2, 0) is 11.2 Å². The maximum Gasteiger partial charge on any atom is 0.227 e. The molecule has 2 aromatic carbocycles. The fourth-order valence-electron chi connectivity index (χ4n) is 2.97. The summed E-state index contributed by atoms with van der Waals surface area (Å²) in [7, 11) is 0. The predicted molar refractivity (Wildman–Crippen MR) is 115 cm³/mol. The molecule has 2 aromatic heterocycles. The Labute approximate surface area is 178 Å². The number of nitrogens with one attached hydrogen (secondary N) is 1. The number of benzene rings is 2. The Balaban J connectivity index is 1.40. The molecule has 152 valence electrons. The Morgan fingerprint density at radius 2 is 1.83 bits per heavy atom. The summed E-state index contributed by atoms with van der Waals surface area (Å²) >= 11 is 5.90. The molecule has 2 heterocycles. The minimum Gasteiger partial charge on any atom is -0.339 e. The molecule has 0 saturated carbocycles. The molecular weight excluding hydrogens is 402 g/mol. The van der Waals surface area contributed by atoms with Gasteiger partial charge in [0.15, 0.2) is 0 Å². The first-order chi connectivity index (χ1) is 14.5. The topological polar surface area (TPSA) is 85.8 Å². The molecule has 0 aliphatic carbocycles. The van der Waals surface area contributed by atoms with Gasteiger partial charge in [0.1, 0.15) is 5.82 Å². The van der Waals surface area contributed by atoms with E-state index in [1.807, 2.05) is 56.3 Å². The lowest BCUT2D eigenvalue weighted by atomic mass is 10.2. The van der Waals surface area contributed by atoms with E-state index in [9.17, 15) is 4.79 Å². The molecular formula is C22H20ClN5O2. The second kappa shape index (κ2) is 8.51. The summed E-state index contributed by atoms with van der Waals surface area (Å²) in [4.78, 5) is 16.8. The lowest BCUT2D eigenvalue weighted by molar-refractivity contribution is -0.116. The average Bonchev–Trinajstić information content (AvgIpc) is 3.34. The molecule has 4 rings (SSSR count). The monoisotopic (exact) mass is 421 g/mol. The van der Waals surface area contributed by atoms with E-state index in [0.29, 0.717) is 29.0 Å². The molecule has 0 aliphatic rings. The zero-order valence-corrected chi connectivity index (χ0v) is 17.3. The highest BCUT2D eigenvalue weighted by Gasteiger charge is 2.14. The molecule has 1 N–H and O–H groups in total. The predicted octanol–water partition coefficient (Wildman–Crippen LogP) is 4.76. The average molecular weight is 422 g/mol. The minimum atomic E-state index is -0.158. The van der Waals surface area contributed by atoms with Crippen molar-refractivity contribution in [2.45, 2.75) is 26.7 Å². The molecule has 0 aliphatic heterocycles. The van der Waals surface area contributed by atoms with Gasteiger partial charge in [-0.2, -0.15) is 10.1 Å². The number of aryl methyl sites for hydroxylation is 3. The summed E-state index contributed by atoms with van der Waals surface area (Å²) in [5, 5.41) is 12.0. The first kappa shape index (κ1) is 19.8. The highest BCUT2D eigenvalue weighted by Crippen LogP contribution is 2.20. The number of aromatic nitrogens is 4. The molecule has 0 bridgehead atoms. The van der Waals surface area contributed by atoms with Crippen molar-refractivity contribution >= 4 is 23.3 Å². The summed E-state index contributed by atoms with van der Waals surface area (Å²) in [6.07, 6.45) is 0.546. The Bertz CT molecular complexity index is 1160. The maximum absolute atomic E-state index is 12.5. The van der Waals surface area contributed by atoms with Crippen LogP contribution in [0.3, 0.4) is 0 Å². The van der Waals surface area contributed by atoms with Crippen LogP contribution in [0.5, 0.6) is 0 Å². The van der Waals surface area contributed by atoms with Crippen LogP contribution in [0.2, 0.25) is 5.02 Å². The van der Waals surface area contributed by atoms with E-state index in [1.54, 1.807) is 16.8 Å². The molecule has 1 amide bonds. The summed E-state index contributed by atoms with van der Waals surface area (Å²) in [6, 6.07) is 16.9. The number of hydrogen-bond acceptors (Lipinski definition) is 5. The van der Waals surface area contributed by atoms with Crippen LogP contribution < -0.4 is 5.32 Å². The summed E-state index contributed by atoms with van der Waals surface area (Å²) < 4.78 is 6.99. The van der Waals surface area contributed by atoms with Gasteiger partial charge in [-0.05, 0) is 50.2 Å². The van der Waals surface area contributed by atoms with E-state index in [-0.39, 0.29) is 12.3 Å². The number of halogens is 1. The normalized spacial score (nSPS) is 10.9. The van der Waals surface area contributed by atoms with Crippen LogP contribution in [-0.4, -0.2) is 25.8 Å². The Hall–Kier alpha value is -3.45. The lowest BCUT2D eigenvalue weighted by Gasteiger charge is -2.09. The van der Waals surface area contributed by atoms with Crippen molar-refractivity contribution < 1.29 is 9.32 Å². The van der Waals surface area contributed by atoms with Crippen molar-refractivity contribution in [2.24, 2.45) is 0 Å². The Morgan fingerprint density at radius 1 is 1.10 bits per heavy atom. The van der Waals surface area contributed by atoms with E-state index in [4.69, 9.17) is 16.1 Å². The van der Waals surface area contributed by atoms with Gasteiger partial charge in [0.25, 0.3) is 0 Å². The third kappa shape index (κ3) is 4.58. The summed E-state index contributed by atoms with van der Waals surface area (Å²) in [5.74, 6) is 1.33. The van der Waals surface area contributed by atoms with Gasteiger partial charge in [-0.1, -0.05) is 34.5 Å². The number of anilines is 1. The molecule has 0 fully saturated rings. The van der Waals surface area contributed by atoms with E-state index in [0.717, 1.165) is 22.5 Å². The highest BCUT2D eigenvalue weighted by atomic mass is 35.5. The second-order valence-corrected chi connectivity index (χ2v) is 7.42. The first-order valence-corrected chi connectivity index (χ1v) is 9.88. The van der Waals surface area contributed by atoms with Gasteiger partial charge >= 0.3 is 0 Å². The summed E-state index contributed by atoms with van der Waals surface area (Å²) in [6.45, 7) is 3.91. The van der Waals surface area contributed by atoms with Crippen LogP contribution in [0.1, 0.15) is 23.6 Å². The zero-order valence-electron chi connectivity index (χ0n) is 16.6. The molecule has 4 aromatic rings. The number of nitrogens with zero attached hydrogens (tertiary/aromatic N) is 4. The number of carbonyl (C=O) groups is 1. The van der Waals surface area contributed by atoms with Gasteiger partial charge in [-0.3, -0.25) is 4.79 Å². The van der Waals surface area contributed by atoms with Gasteiger partial charge in [-0.25, -0.2) is 4.68 Å². The molecule has 7 nitrogen and oxygen atoms in total. The van der Waals surface area contributed by atoms with Gasteiger partial charge in [0.05, 0.1) is 11.4 Å². The zero-order chi connectivity index (χ0) is 21.1. The van der Waals surface area contributed by atoms with Crippen LogP contribution in [0.25, 0.3) is 17.1 Å². The minimum absolute atomic E-state index is 0.158.